The summed E-state index contributed by atoms with van der Waals surface area (Å²) in [5, 5.41) is 4.34. The Morgan fingerprint density at radius 3 is 2.88 bits per heavy atom. The second-order valence-electron chi connectivity index (χ2n) is 5.02. The van der Waals surface area contributed by atoms with E-state index in [4.69, 9.17) is 4.74 Å². The number of rotatable bonds is 2. The molecule has 0 amide bonds. The highest BCUT2D eigenvalue weighted by Crippen LogP contribution is 2.35. The first kappa shape index (κ1) is 11.5. The second kappa shape index (κ2) is 4.99. The Bertz CT molecular complexity index is 401. The van der Waals surface area contributed by atoms with Crippen LogP contribution in [0.4, 0.5) is 0 Å². The molecular formula is C14H18BrNO. The molecule has 0 aliphatic carbocycles. The lowest BCUT2D eigenvalue weighted by atomic mass is 9.89. The summed E-state index contributed by atoms with van der Waals surface area (Å²) in [6.07, 6.45) is 4.02. The van der Waals surface area contributed by atoms with Crippen molar-refractivity contribution in [1.29, 1.82) is 0 Å². The van der Waals surface area contributed by atoms with Crippen LogP contribution >= 0.6 is 15.9 Å². The molecule has 3 rings (SSSR count). The van der Waals surface area contributed by atoms with Gasteiger partial charge in [0.2, 0.25) is 0 Å². The van der Waals surface area contributed by atoms with Crippen molar-refractivity contribution in [1.82, 2.24) is 5.32 Å². The average Bonchev–Trinajstić information content (AvgIpc) is 2.82. The molecule has 17 heavy (non-hydrogen) atoms. The lowest BCUT2D eigenvalue weighted by Crippen LogP contribution is -2.36. The van der Waals surface area contributed by atoms with Crippen LogP contribution in [0.15, 0.2) is 18.2 Å². The van der Waals surface area contributed by atoms with Gasteiger partial charge in [-0.25, -0.2) is 0 Å². The zero-order valence-corrected chi connectivity index (χ0v) is 11.5. The molecule has 1 atom stereocenters. The van der Waals surface area contributed by atoms with Crippen LogP contribution in [0.5, 0.6) is 5.75 Å². The molecule has 1 aromatic rings. The normalized spacial score (nSPS) is 24.4. The van der Waals surface area contributed by atoms with Crippen molar-refractivity contribution in [2.75, 3.05) is 13.1 Å². The van der Waals surface area contributed by atoms with Crippen LogP contribution in [0.25, 0.3) is 0 Å². The van der Waals surface area contributed by atoms with Gasteiger partial charge in [0.25, 0.3) is 0 Å². The maximum atomic E-state index is 6.10. The van der Waals surface area contributed by atoms with E-state index in [2.05, 4.69) is 39.4 Å². The molecule has 0 radical (unpaired) electrons. The van der Waals surface area contributed by atoms with Crippen LogP contribution in [-0.2, 0) is 11.8 Å². The predicted octanol–water partition coefficient (Wildman–Crippen LogP) is 2.88. The highest BCUT2D eigenvalue weighted by Gasteiger charge is 2.31. The fraction of sp³-hybridized carbons (Fsp3) is 0.571. The van der Waals surface area contributed by atoms with Crippen molar-refractivity contribution in [3.8, 4) is 5.75 Å². The van der Waals surface area contributed by atoms with E-state index >= 15 is 0 Å². The van der Waals surface area contributed by atoms with Crippen molar-refractivity contribution < 1.29 is 4.74 Å². The summed E-state index contributed by atoms with van der Waals surface area (Å²) in [6.45, 7) is 2.29. The third-order valence-electron chi connectivity index (χ3n) is 3.89. The van der Waals surface area contributed by atoms with Gasteiger partial charge in [0.15, 0.2) is 0 Å². The molecule has 1 unspecified atom stereocenters. The first-order valence-corrected chi connectivity index (χ1v) is 7.54. The van der Waals surface area contributed by atoms with E-state index in [9.17, 15) is 0 Å². The molecule has 2 heterocycles. The quantitative estimate of drug-likeness (QED) is 0.847. The summed E-state index contributed by atoms with van der Waals surface area (Å²) in [5.74, 6) is 1.84. The van der Waals surface area contributed by atoms with Crippen molar-refractivity contribution >= 4 is 15.9 Å². The molecule has 2 nitrogen and oxygen atoms in total. The Balaban J connectivity index is 1.73. The number of piperidine rings is 1. The van der Waals surface area contributed by atoms with Gasteiger partial charge in [0, 0.05) is 11.8 Å². The number of nitrogens with one attached hydrogen (secondary N) is 1. The van der Waals surface area contributed by atoms with E-state index in [1.807, 2.05) is 0 Å². The van der Waals surface area contributed by atoms with Crippen molar-refractivity contribution in [3.05, 3.63) is 29.3 Å². The molecule has 2 aliphatic heterocycles. The zero-order valence-electron chi connectivity index (χ0n) is 9.92. The fourth-order valence-electron chi connectivity index (χ4n) is 2.89. The summed E-state index contributed by atoms with van der Waals surface area (Å²) in [6, 6.07) is 6.57. The monoisotopic (exact) mass is 295 g/mol. The molecular weight excluding hydrogens is 278 g/mol. The minimum Gasteiger partial charge on any atom is -0.490 e. The van der Waals surface area contributed by atoms with Crippen LogP contribution in [-0.4, -0.2) is 19.2 Å². The third-order valence-corrected chi connectivity index (χ3v) is 4.54. The molecule has 2 aliphatic rings. The molecule has 0 saturated carbocycles. The Kier molecular flexibility index (Phi) is 3.39. The molecule has 0 spiro atoms. The summed E-state index contributed by atoms with van der Waals surface area (Å²) < 4.78 is 6.10. The predicted molar refractivity (Wildman–Crippen MR) is 72.8 cm³/mol. The highest BCUT2D eigenvalue weighted by molar-refractivity contribution is 9.08. The van der Waals surface area contributed by atoms with Crippen LogP contribution < -0.4 is 10.1 Å². The number of halogens is 1. The van der Waals surface area contributed by atoms with Gasteiger partial charge in [-0.2, -0.15) is 0 Å². The first-order valence-electron chi connectivity index (χ1n) is 6.42. The number of alkyl halides is 1. The molecule has 1 aromatic carbocycles. The molecule has 3 heteroatoms. The minimum atomic E-state index is 0.415. The molecule has 1 saturated heterocycles. The van der Waals surface area contributed by atoms with Gasteiger partial charge in [0.1, 0.15) is 11.9 Å². The number of fused-ring (bicyclic) bond motifs is 1. The molecule has 0 bridgehead atoms. The Hall–Kier alpha value is -0.540. The van der Waals surface area contributed by atoms with Gasteiger partial charge in [0.05, 0.1) is 0 Å². The molecule has 0 aromatic heterocycles. The lowest BCUT2D eigenvalue weighted by Gasteiger charge is -2.27. The average molecular weight is 296 g/mol. The van der Waals surface area contributed by atoms with Crippen LogP contribution in [0.3, 0.4) is 0 Å². The van der Waals surface area contributed by atoms with Crippen LogP contribution in [0, 0.1) is 5.92 Å². The Morgan fingerprint density at radius 2 is 2.12 bits per heavy atom. The van der Waals surface area contributed by atoms with E-state index in [-0.39, 0.29) is 0 Å². The van der Waals surface area contributed by atoms with Crippen molar-refractivity contribution in [3.63, 3.8) is 0 Å². The molecule has 1 N–H and O–H groups in total. The van der Waals surface area contributed by atoms with Gasteiger partial charge in [-0.1, -0.05) is 28.1 Å². The topological polar surface area (TPSA) is 21.3 Å². The highest BCUT2D eigenvalue weighted by atomic mass is 79.9. The summed E-state index contributed by atoms with van der Waals surface area (Å²) >= 11 is 3.51. The number of ether oxygens (including phenoxy) is 1. The fourth-order valence-corrected chi connectivity index (χ4v) is 3.24. The van der Waals surface area contributed by atoms with Gasteiger partial charge >= 0.3 is 0 Å². The Morgan fingerprint density at radius 1 is 1.29 bits per heavy atom. The van der Waals surface area contributed by atoms with E-state index in [0.29, 0.717) is 6.10 Å². The summed E-state index contributed by atoms with van der Waals surface area (Å²) in [7, 11) is 0. The van der Waals surface area contributed by atoms with Gasteiger partial charge in [-0.3, -0.25) is 0 Å². The van der Waals surface area contributed by atoms with E-state index in [0.717, 1.165) is 36.5 Å². The smallest absolute Gasteiger partial charge is 0.123 e. The SMILES string of the molecule is BrCc1ccc2c(c1)CC(C1CCNCC1)O2. The third kappa shape index (κ3) is 2.36. The lowest BCUT2D eigenvalue weighted by molar-refractivity contribution is 0.134. The van der Waals surface area contributed by atoms with Gasteiger partial charge in [-0.05, 0) is 49.0 Å². The standard InChI is InChI=1S/C14H18BrNO/c15-9-10-1-2-13-12(7-10)8-14(17-13)11-3-5-16-6-4-11/h1-2,7,11,14,16H,3-6,8-9H2. The van der Waals surface area contributed by atoms with Crippen LogP contribution in [0.2, 0.25) is 0 Å². The Labute approximate surface area is 111 Å². The van der Waals surface area contributed by atoms with Crippen molar-refractivity contribution in [2.24, 2.45) is 5.92 Å². The first-order chi connectivity index (χ1) is 8.36. The minimum absolute atomic E-state index is 0.415. The molecule has 1 fully saturated rings. The second-order valence-corrected chi connectivity index (χ2v) is 5.58. The molecule has 92 valence electrons. The van der Waals surface area contributed by atoms with Crippen molar-refractivity contribution in [2.45, 2.75) is 30.7 Å². The maximum Gasteiger partial charge on any atom is 0.123 e. The zero-order chi connectivity index (χ0) is 11.7. The van der Waals surface area contributed by atoms with Gasteiger partial charge < -0.3 is 10.1 Å². The maximum absolute atomic E-state index is 6.10. The number of hydrogen-bond acceptors (Lipinski definition) is 2. The summed E-state index contributed by atoms with van der Waals surface area (Å²) in [5.41, 5.74) is 2.74. The van der Waals surface area contributed by atoms with E-state index in [1.165, 1.54) is 24.0 Å². The largest absolute Gasteiger partial charge is 0.490 e. The summed E-state index contributed by atoms with van der Waals surface area (Å²) in [4.78, 5) is 0. The van der Waals surface area contributed by atoms with Gasteiger partial charge in [-0.15, -0.1) is 0 Å². The van der Waals surface area contributed by atoms with E-state index < -0.39 is 0 Å². The van der Waals surface area contributed by atoms with Crippen LogP contribution in [0.1, 0.15) is 24.0 Å². The number of benzene rings is 1. The van der Waals surface area contributed by atoms with E-state index in [1.54, 1.807) is 0 Å². The number of hydrogen-bond donors (Lipinski definition) is 1.